The molecule has 0 saturated carbocycles. The van der Waals surface area contributed by atoms with Gasteiger partial charge in [0.25, 0.3) is 0 Å². The largest absolute Gasteiger partial charge is 0.548 e. The van der Waals surface area contributed by atoms with Gasteiger partial charge in [-0.25, -0.2) is 0 Å². The second-order valence-electron chi connectivity index (χ2n) is 3.40. The van der Waals surface area contributed by atoms with Gasteiger partial charge in [0.2, 0.25) is 5.91 Å². The van der Waals surface area contributed by atoms with E-state index in [-0.39, 0.29) is 19.3 Å². The summed E-state index contributed by atoms with van der Waals surface area (Å²) in [5, 5.41) is 23.0. The molecule has 4 N–H and O–H groups in total. The minimum absolute atomic E-state index is 0.0116. The van der Waals surface area contributed by atoms with Crippen LogP contribution < -0.4 is 21.3 Å². The standard InChI is InChI=1S/C9H16N2O5/c1-2-6(9(15)16)11-7(12)4-3-5(10)8(13)14/h5-6H,2-4,10H2,1H3,(H,11,12)(H,13,14)(H,15,16)/p-1. The molecule has 0 rings (SSSR count). The topological polar surface area (TPSA) is 137 Å². The van der Waals surface area contributed by atoms with Gasteiger partial charge in [0, 0.05) is 12.8 Å². The van der Waals surface area contributed by atoms with Gasteiger partial charge in [-0.2, -0.15) is 0 Å². The van der Waals surface area contributed by atoms with Crippen molar-refractivity contribution in [1.82, 2.24) is 5.32 Å². The molecule has 0 bridgehead atoms. The highest BCUT2D eigenvalue weighted by Gasteiger charge is 2.14. The van der Waals surface area contributed by atoms with Crippen LogP contribution in [0.1, 0.15) is 26.2 Å². The second-order valence-corrected chi connectivity index (χ2v) is 3.40. The van der Waals surface area contributed by atoms with Crippen molar-refractivity contribution in [3.05, 3.63) is 0 Å². The highest BCUT2D eigenvalue weighted by Crippen LogP contribution is 1.95. The van der Waals surface area contributed by atoms with Crippen LogP contribution in [-0.2, 0) is 14.4 Å². The van der Waals surface area contributed by atoms with Crippen molar-refractivity contribution in [2.75, 3.05) is 0 Å². The molecule has 0 aromatic rings. The molecule has 0 radical (unpaired) electrons. The van der Waals surface area contributed by atoms with E-state index in [1.165, 1.54) is 0 Å². The highest BCUT2D eigenvalue weighted by molar-refractivity contribution is 5.83. The maximum absolute atomic E-state index is 11.2. The fourth-order valence-corrected chi connectivity index (χ4v) is 1.02. The number of quaternary nitrogens is 1. The monoisotopic (exact) mass is 231 g/mol. The fourth-order valence-electron chi connectivity index (χ4n) is 1.02. The maximum Gasteiger partial charge on any atom is 0.220 e. The molecule has 92 valence electrons. The molecular formula is C9H15N2O5-. The Balaban J connectivity index is 3.99. The number of rotatable bonds is 7. The summed E-state index contributed by atoms with van der Waals surface area (Å²) in [7, 11) is 0. The minimum Gasteiger partial charge on any atom is -0.548 e. The van der Waals surface area contributed by atoms with Gasteiger partial charge in [0.15, 0.2) is 0 Å². The van der Waals surface area contributed by atoms with Gasteiger partial charge in [0.05, 0.1) is 18.0 Å². The predicted octanol–water partition coefficient (Wildman–Crippen LogP) is -4.23. The molecule has 0 spiro atoms. The number of carbonyl (C=O) groups is 3. The molecule has 0 aromatic carbocycles. The van der Waals surface area contributed by atoms with Crippen LogP contribution >= 0.6 is 0 Å². The van der Waals surface area contributed by atoms with Crippen LogP contribution in [0.2, 0.25) is 0 Å². The summed E-state index contributed by atoms with van der Waals surface area (Å²) in [6.45, 7) is 1.59. The average molecular weight is 231 g/mol. The highest BCUT2D eigenvalue weighted by atomic mass is 16.4. The summed E-state index contributed by atoms with van der Waals surface area (Å²) >= 11 is 0. The number of carboxylic acids is 2. The number of hydrogen-bond donors (Lipinski definition) is 2. The molecule has 0 aliphatic rings. The molecule has 0 saturated heterocycles. The van der Waals surface area contributed by atoms with E-state index in [2.05, 4.69) is 11.1 Å². The van der Waals surface area contributed by atoms with E-state index < -0.39 is 29.9 Å². The molecule has 0 aromatic heterocycles. The van der Waals surface area contributed by atoms with Crippen molar-refractivity contribution in [3.8, 4) is 0 Å². The van der Waals surface area contributed by atoms with E-state index in [1.807, 2.05) is 0 Å². The zero-order valence-electron chi connectivity index (χ0n) is 9.02. The SMILES string of the molecule is CCC(NC(=O)CCC([NH3+])C(=O)[O-])C(=O)[O-]. The Morgan fingerprint density at radius 1 is 1.25 bits per heavy atom. The van der Waals surface area contributed by atoms with Crippen LogP contribution in [-0.4, -0.2) is 29.9 Å². The summed E-state index contributed by atoms with van der Waals surface area (Å²) < 4.78 is 0. The van der Waals surface area contributed by atoms with Crippen LogP contribution in [0.3, 0.4) is 0 Å². The van der Waals surface area contributed by atoms with Crippen LogP contribution in [0.5, 0.6) is 0 Å². The van der Waals surface area contributed by atoms with Crippen LogP contribution in [0.25, 0.3) is 0 Å². The predicted molar refractivity (Wildman–Crippen MR) is 48.1 cm³/mol. The molecule has 1 amide bonds. The zero-order valence-corrected chi connectivity index (χ0v) is 9.02. The Kier molecular flexibility index (Phi) is 6.09. The Labute approximate surface area is 92.6 Å². The molecule has 7 nitrogen and oxygen atoms in total. The van der Waals surface area contributed by atoms with Gasteiger partial charge < -0.3 is 30.9 Å². The Bertz CT molecular complexity index is 279. The first-order chi connectivity index (χ1) is 7.38. The maximum atomic E-state index is 11.2. The minimum atomic E-state index is -1.36. The van der Waals surface area contributed by atoms with Gasteiger partial charge in [-0.15, -0.1) is 0 Å². The van der Waals surface area contributed by atoms with E-state index in [1.54, 1.807) is 6.92 Å². The Morgan fingerprint density at radius 2 is 1.81 bits per heavy atom. The van der Waals surface area contributed by atoms with Crippen molar-refractivity contribution in [2.45, 2.75) is 38.3 Å². The second kappa shape index (κ2) is 6.78. The molecule has 2 unspecified atom stereocenters. The van der Waals surface area contributed by atoms with E-state index in [9.17, 15) is 24.6 Å². The molecule has 0 heterocycles. The van der Waals surface area contributed by atoms with Crippen LogP contribution in [0, 0.1) is 0 Å². The van der Waals surface area contributed by atoms with Crippen molar-refractivity contribution in [1.29, 1.82) is 0 Å². The number of nitrogens with one attached hydrogen (secondary N) is 1. The number of carbonyl (C=O) groups excluding carboxylic acids is 3. The number of carboxylic acid groups (broad SMARTS) is 2. The summed E-state index contributed by atoms with van der Waals surface area (Å²) in [6, 6.07) is -2.02. The van der Waals surface area contributed by atoms with E-state index in [4.69, 9.17) is 0 Å². The van der Waals surface area contributed by atoms with Crippen LogP contribution in [0.4, 0.5) is 0 Å². The smallest absolute Gasteiger partial charge is 0.220 e. The first kappa shape index (κ1) is 14.4. The summed E-state index contributed by atoms with van der Waals surface area (Å²) in [4.78, 5) is 32.0. The van der Waals surface area contributed by atoms with Gasteiger partial charge in [-0.1, -0.05) is 6.92 Å². The molecule has 2 atom stereocenters. The normalized spacial score (nSPS) is 13.9. The van der Waals surface area contributed by atoms with Gasteiger partial charge in [0.1, 0.15) is 6.04 Å². The summed E-state index contributed by atoms with van der Waals surface area (Å²) in [6.07, 6.45) is 0.117. The van der Waals surface area contributed by atoms with Gasteiger partial charge in [-0.3, -0.25) is 4.79 Å². The lowest BCUT2D eigenvalue weighted by molar-refractivity contribution is -0.438. The fraction of sp³-hybridized carbons (Fsp3) is 0.667. The van der Waals surface area contributed by atoms with Crippen molar-refractivity contribution < 1.29 is 30.3 Å². The third-order valence-electron chi connectivity index (χ3n) is 2.08. The Morgan fingerprint density at radius 3 is 2.19 bits per heavy atom. The third kappa shape index (κ3) is 5.30. The lowest BCUT2D eigenvalue weighted by Crippen LogP contribution is -2.68. The summed E-state index contributed by atoms with van der Waals surface area (Å²) in [5.41, 5.74) is 3.27. The van der Waals surface area contributed by atoms with Crippen molar-refractivity contribution in [2.24, 2.45) is 0 Å². The molecule has 7 heteroatoms. The first-order valence-corrected chi connectivity index (χ1v) is 4.92. The average Bonchev–Trinajstić information content (AvgIpc) is 2.21. The lowest BCUT2D eigenvalue weighted by Gasteiger charge is -2.18. The van der Waals surface area contributed by atoms with E-state index in [0.717, 1.165) is 0 Å². The number of aliphatic carboxylic acids is 2. The number of amides is 1. The molecular weight excluding hydrogens is 216 g/mol. The van der Waals surface area contributed by atoms with E-state index in [0.29, 0.717) is 0 Å². The van der Waals surface area contributed by atoms with Gasteiger partial charge in [-0.05, 0) is 6.42 Å². The molecule has 16 heavy (non-hydrogen) atoms. The molecule has 0 fully saturated rings. The molecule has 0 aliphatic carbocycles. The molecule has 0 aliphatic heterocycles. The third-order valence-corrected chi connectivity index (χ3v) is 2.08. The number of hydrogen-bond acceptors (Lipinski definition) is 5. The Hall–Kier alpha value is -1.63. The van der Waals surface area contributed by atoms with Crippen molar-refractivity contribution in [3.63, 3.8) is 0 Å². The first-order valence-electron chi connectivity index (χ1n) is 4.92. The van der Waals surface area contributed by atoms with Crippen molar-refractivity contribution >= 4 is 17.8 Å². The lowest BCUT2D eigenvalue weighted by atomic mass is 10.1. The van der Waals surface area contributed by atoms with Crippen LogP contribution in [0.15, 0.2) is 0 Å². The van der Waals surface area contributed by atoms with Gasteiger partial charge >= 0.3 is 0 Å². The van der Waals surface area contributed by atoms with E-state index >= 15 is 0 Å². The zero-order chi connectivity index (χ0) is 12.7. The quantitative estimate of drug-likeness (QED) is 0.457. The summed E-state index contributed by atoms with van der Waals surface area (Å²) in [5.74, 6) is -3.23.